The number of benzene rings is 1. The van der Waals surface area contributed by atoms with E-state index in [1.54, 1.807) is 12.1 Å². The summed E-state index contributed by atoms with van der Waals surface area (Å²) in [4.78, 5) is 40.8. The number of carbonyl (C=O) groups excluding carboxylic acids is 3. The van der Waals surface area contributed by atoms with Gasteiger partial charge in [-0.15, -0.1) is 0 Å². The van der Waals surface area contributed by atoms with Gasteiger partial charge in [-0.05, 0) is 30.3 Å². The molecule has 1 aliphatic rings. The number of nitrogens with zero attached hydrogens (tertiary/aromatic N) is 2. The predicted octanol–water partition coefficient (Wildman–Crippen LogP) is 2.21. The Kier molecular flexibility index (Phi) is 3.38. The van der Waals surface area contributed by atoms with Crippen molar-refractivity contribution in [2.24, 2.45) is 0 Å². The summed E-state index contributed by atoms with van der Waals surface area (Å²) in [6.45, 7) is 0. The summed E-state index contributed by atoms with van der Waals surface area (Å²) in [6.07, 6.45) is 1.51. The molecule has 0 unspecified atom stereocenters. The number of carbonyl (C=O) groups is 3. The highest BCUT2D eigenvalue weighted by atomic mass is 35.5. The molecule has 0 radical (unpaired) electrons. The average molecular weight is 316 g/mol. The van der Waals surface area contributed by atoms with Crippen molar-refractivity contribution >= 4 is 35.0 Å². The van der Waals surface area contributed by atoms with Gasteiger partial charge in [-0.2, -0.15) is 0 Å². The summed E-state index contributed by atoms with van der Waals surface area (Å²) in [5, 5.41) is 2.78. The molecule has 1 aromatic heterocycles. The second kappa shape index (κ2) is 5.23. The third-order valence-electron chi connectivity index (χ3n) is 3.36. The first-order valence-corrected chi connectivity index (χ1v) is 6.75. The summed E-state index contributed by atoms with van der Waals surface area (Å²) in [7, 11) is 1.40. The summed E-state index contributed by atoms with van der Waals surface area (Å²) >= 11 is 5.88. The Labute approximate surface area is 130 Å². The van der Waals surface area contributed by atoms with Gasteiger partial charge in [0.1, 0.15) is 0 Å². The Morgan fingerprint density at radius 2 is 1.91 bits per heavy atom. The number of nitrogens with one attached hydrogen (secondary N) is 1. The number of imide groups is 1. The van der Waals surface area contributed by atoms with Crippen LogP contribution in [0, 0.1) is 0 Å². The van der Waals surface area contributed by atoms with E-state index < -0.39 is 11.8 Å². The van der Waals surface area contributed by atoms with Gasteiger partial charge >= 0.3 is 0 Å². The van der Waals surface area contributed by atoms with E-state index >= 15 is 0 Å². The van der Waals surface area contributed by atoms with E-state index in [-0.39, 0.29) is 22.2 Å². The predicted molar refractivity (Wildman–Crippen MR) is 80.1 cm³/mol. The van der Waals surface area contributed by atoms with Crippen molar-refractivity contribution < 1.29 is 14.4 Å². The number of hydrogen-bond donors (Lipinski definition) is 1. The molecule has 0 spiro atoms. The van der Waals surface area contributed by atoms with Gasteiger partial charge < -0.3 is 5.32 Å². The van der Waals surface area contributed by atoms with Crippen molar-refractivity contribution in [3.05, 3.63) is 58.4 Å². The first-order chi connectivity index (χ1) is 10.5. The SMILES string of the molecule is CN1C(=O)c2ccc(C(=O)Nc3cccnc3Cl)cc2C1=O. The Bertz CT molecular complexity index is 819. The van der Waals surface area contributed by atoms with Crippen molar-refractivity contribution in [2.75, 3.05) is 12.4 Å². The van der Waals surface area contributed by atoms with Crippen LogP contribution in [0.5, 0.6) is 0 Å². The fourth-order valence-electron chi connectivity index (χ4n) is 2.18. The number of rotatable bonds is 2. The van der Waals surface area contributed by atoms with Crippen LogP contribution in [0.4, 0.5) is 5.69 Å². The minimum Gasteiger partial charge on any atom is -0.319 e. The van der Waals surface area contributed by atoms with Gasteiger partial charge in [0.05, 0.1) is 16.8 Å². The van der Waals surface area contributed by atoms with E-state index in [9.17, 15) is 14.4 Å². The van der Waals surface area contributed by atoms with E-state index in [0.29, 0.717) is 11.3 Å². The van der Waals surface area contributed by atoms with Gasteiger partial charge in [-0.1, -0.05) is 11.6 Å². The number of aromatic nitrogens is 1. The molecule has 3 amide bonds. The van der Waals surface area contributed by atoms with Crippen molar-refractivity contribution in [1.82, 2.24) is 9.88 Å². The van der Waals surface area contributed by atoms with Crippen molar-refractivity contribution in [3.63, 3.8) is 0 Å². The summed E-state index contributed by atoms with van der Waals surface area (Å²) < 4.78 is 0. The molecule has 1 N–H and O–H groups in total. The van der Waals surface area contributed by atoms with E-state index in [1.807, 2.05) is 0 Å². The lowest BCUT2D eigenvalue weighted by atomic mass is 10.1. The minimum atomic E-state index is -0.437. The molecule has 0 fully saturated rings. The Hall–Kier alpha value is -2.73. The van der Waals surface area contributed by atoms with Gasteiger partial charge in [0, 0.05) is 18.8 Å². The minimum absolute atomic E-state index is 0.169. The van der Waals surface area contributed by atoms with Crippen LogP contribution in [0.2, 0.25) is 5.15 Å². The number of hydrogen-bond acceptors (Lipinski definition) is 4. The van der Waals surface area contributed by atoms with E-state index in [0.717, 1.165) is 4.90 Å². The highest BCUT2D eigenvalue weighted by Crippen LogP contribution is 2.24. The van der Waals surface area contributed by atoms with Crippen LogP contribution in [0.3, 0.4) is 0 Å². The normalized spacial score (nSPS) is 13.3. The Balaban J connectivity index is 1.91. The van der Waals surface area contributed by atoms with Crippen molar-refractivity contribution in [2.45, 2.75) is 0 Å². The lowest BCUT2D eigenvalue weighted by molar-refractivity contribution is 0.0693. The zero-order chi connectivity index (χ0) is 15.9. The zero-order valence-electron chi connectivity index (χ0n) is 11.5. The van der Waals surface area contributed by atoms with Crippen LogP contribution in [0.25, 0.3) is 0 Å². The molecule has 0 saturated carbocycles. The molecule has 0 saturated heterocycles. The molecule has 7 heteroatoms. The monoisotopic (exact) mass is 315 g/mol. The highest BCUT2D eigenvalue weighted by Gasteiger charge is 2.33. The first-order valence-electron chi connectivity index (χ1n) is 6.37. The van der Waals surface area contributed by atoms with Gasteiger partial charge in [-0.3, -0.25) is 19.3 Å². The van der Waals surface area contributed by atoms with Crippen LogP contribution >= 0.6 is 11.6 Å². The van der Waals surface area contributed by atoms with Crippen LogP contribution in [-0.2, 0) is 0 Å². The smallest absolute Gasteiger partial charge is 0.261 e. The topological polar surface area (TPSA) is 79.4 Å². The fourth-order valence-corrected chi connectivity index (χ4v) is 2.34. The lowest BCUT2D eigenvalue weighted by Gasteiger charge is -2.07. The van der Waals surface area contributed by atoms with E-state index in [4.69, 9.17) is 11.6 Å². The number of anilines is 1. The maximum atomic E-state index is 12.2. The second-order valence-corrected chi connectivity index (χ2v) is 5.08. The molecule has 0 atom stereocenters. The first kappa shape index (κ1) is 14.2. The van der Waals surface area contributed by atoms with E-state index in [1.165, 1.54) is 31.4 Å². The molecule has 3 rings (SSSR count). The standard InChI is InChI=1S/C15H10ClN3O3/c1-19-14(21)9-5-4-8(7-10(9)15(19)22)13(20)18-11-3-2-6-17-12(11)16/h2-7H,1H3,(H,18,20). The number of halogens is 1. The van der Waals surface area contributed by atoms with Crippen LogP contribution < -0.4 is 5.32 Å². The molecule has 2 aromatic rings. The molecular weight excluding hydrogens is 306 g/mol. The highest BCUT2D eigenvalue weighted by molar-refractivity contribution is 6.32. The molecule has 22 heavy (non-hydrogen) atoms. The van der Waals surface area contributed by atoms with Gasteiger partial charge in [-0.25, -0.2) is 4.98 Å². The zero-order valence-corrected chi connectivity index (χ0v) is 12.2. The average Bonchev–Trinajstić information content (AvgIpc) is 2.74. The third kappa shape index (κ3) is 2.23. The largest absolute Gasteiger partial charge is 0.319 e. The number of amides is 3. The van der Waals surface area contributed by atoms with Crippen molar-refractivity contribution in [1.29, 1.82) is 0 Å². The molecular formula is C15H10ClN3O3. The Morgan fingerprint density at radius 3 is 2.64 bits per heavy atom. The maximum absolute atomic E-state index is 12.2. The van der Waals surface area contributed by atoms with Gasteiger partial charge in [0.15, 0.2) is 5.15 Å². The third-order valence-corrected chi connectivity index (χ3v) is 3.66. The Morgan fingerprint density at radius 1 is 1.18 bits per heavy atom. The summed E-state index contributed by atoms with van der Waals surface area (Å²) in [6, 6.07) is 7.62. The quantitative estimate of drug-likeness (QED) is 0.680. The molecule has 110 valence electrons. The molecule has 6 nitrogen and oxygen atoms in total. The van der Waals surface area contributed by atoms with Gasteiger partial charge in [0.2, 0.25) is 0 Å². The molecule has 2 heterocycles. The maximum Gasteiger partial charge on any atom is 0.261 e. The summed E-state index contributed by atoms with van der Waals surface area (Å²) in [5.41, 5.74) is 1.14. The molecule has 0 bridgehead atoms. The van der Waals surface area contributed by atoms with E-state index in [2.05, 4.69) is 10.3 Å². The van der Waals surface area contributed by atoms with Crippen LogP contribution in [-0.4, -0.2) is 34.7 Å². The van der Waals surface area contributed by atoms with Crippen LogP contribution in [0.15, 0.2) is 36.5 Å². The molecule has 1 aromatic carbocycles. The molecule has 0 aliphatic carbocycles. The van der Waals surface area contributed by atoms with Gasteiger partial charge in [0.25, 0.3) is 17.7 Å². The second-order valence-electron chi connectivity index (χ2n) is 4.73. The number of pyridine rings is 1. The van der Waals surface area contributed by atoms with Crippen molar-refractivity contribution in [3.8, 4) is 0 Å². The fraction of sp³-hybridized carbons (Fsp3) is 0.0667. The summed E-state index contributed by atoms with van der Waals surface area (Å²) in [5.74, 6) is -1.23. The lowest BCUT2D eigenvalue weighted by Crippen LogP contribution is -2.24. The molecule has 1 aliphatic heterocycles. The van der Waals surface area contributed by atoms with Crippen LogP contribution in [0.1, 0.15) is 31.1 Å². The number of fused-ring (bicyclic) bond motifs is 1.